The van der Waals surface area contributed by atoms with Crippen molar-refractivity contribution in [1.29, 1.82) is 0 Å². The van der Waals surface area contributed by atoms with E-state index in [9.17, 15) is 19.2 Å². The highest BCUT2D eigenvalue weighted by Gasteiger charge is 2.24. The van der Waals surface area contributed by atoms with Gasteiger partial charge in [-0.05, 0) is 97.8 Å². The van der Waals surface area contributed by atoms with Gasteiger partial charge in [-0.3, -0.25) is 19.2 Å². The van der Waals surface area contributed by atoms with Gasteiger partial charge in [-0.1, -0.05) is 35.3 Å². The van der Waals surface area contributed by atoms with Crippen LogP contribution in [0.2, 0.25) is 10.0 Å². The molecule has 0 aliphatic carbocycles. The minimum absolute atomic E-state index is 0.209. The van der Waals surface area contributed by atoms with E-state index in [4.69, 9.17) is 32.7 Å². The Morgan fingerprint density at radius 2 is 0.938 bits per heavy atom. The Bertz CT molecular complexity index is 1740. The lowest BCUT2D eigenvalue weighted by Crippen LogP contribution is -2.31. The van der Waals surface area contributed by atoms with Crippen molar-refractivity contribution in [2.24, 2.45) is 20.5 Å². The number of hydrogen-bond donors (Lipinski definition) is 2. The van der Waals surface area contributed by atoms with Gasteiger partial charge >= 0.3 is 0 Å². The number of azo groups is 2. The molecule has 0 aromatic heterocycles. The highest BCUT2D eigenvalue weighted by Crippen LogP contribution is 2.35. The first-order valence-corrected chi connectivity index (χ1v) is 15.1. The van der Waals surface area contributed by atoms with Crippen LogP contribution in [0.1, 0.15) is 13.8 Å². The van der Waals surface area contributed by atoms with Gasteiger partial charge in [0.1, 0.15) is 22.9 Å². The highest BCUT2D eigenvalue weighted by molar-refractivity contribution is 6.34. The van der Waals surface area contributed by atoms with Crippen molar-refractivity contribution >= 4 is 69.3 Å². The summed E-state index contributed by atoms with van der Waals surface area (Å²) in [4.78, 5) is 49.9. The summed E-state index contributed by atoms with van der Waals surface area (Å²) in [5, 5.41) is 21.7. The van der Waals surface area contributed by atoms with Gasteiger partial charge in [-0.2, -0.15) is 20.5 Å². The number of carbonyl (C=O) groups is 4. The normalized spacial score (nSPS) is 12.4. The lowest BCUT2D eigenvalue weighted by atomic mass is 10.0. The SMILES string of the molecule is COc1ccc(NC(=O)[C@H](N=Nc2ccc(-c3ccc(N=N[C@H](C(C)=O)C(=O)Nc4ccc(OC)cc4)c(Cl)c3)cc2Cl)C(C)=O)cc1. The number of benzene rings is 4. The van der Waals surface area contributed by atoms with Crippen molar-refractivity contribution in [2.75, 3.05) is 24.9 Å². The number of anilines is 2. The van der Waals surface area contributed by atoms with Gasteiger partial charge in [0.05, 0.1) is 24.3 Å². The Hall–Kier alpha value is -5.46. The number of nitrogens with zero attached hydrogens (tertiary/aromatic N) is 4. The van der Waals surface area contributed by atoms with Crippen LogP contribution in [0.5, 0.6) is 11.5 Å². The first-order chi connectivity index (χ1) is 23.0. The third-order valence-corrected chi connectivity index (χ3v) is 7.38. The molecular formula is C34H30Cl2N6O6. The highest BCUT2D eigenvalue weighted by atomic mass is 35.5. The number of carbonyl (C=O) groups excluding carboxylic acids is 4. The molecule has 0 heterocycles. The fraction of sp³-hybridized carbons (Fsp3) is 0.176. The van der Waals surface area contributed by atoms with Gasteiger partial charge in [0.2, 0.25) is 12.1 Å². The van der Waals surface area contributed by atoms with Crippen LogP contribution < -0.4 is 20.1 Å². The second-order valence-electron chi connectivity index (χ2n) is 10.2. The first kappa shape index (κ1) is 35.4. The van der Waals surface area contributed by atoms with Crippen LogP contribution in [-0.4, -0.2) is 49.7 Å². The number of halogens is 2. The minimum atomic E-state index is -1.39. The predicted octanol–water partition coefficient (Wildman–Crippen LogP) is 8.04. The molecule has 246 valence electrons. The molecule has 4 rings (SSSR count). The van der Waals surface area contributed by atoms with Crippen molar-refractivity contribution in [3.05, 3.63) is 95.0 Å². The molecule has 0 unspecified atom stereocenters. The molecule has 0 aliphatic rings. The Morgan fingerprint density at radius 1 is 0.583 bits per heavy atom. The van der Waals surface area contributed by atoms with Crippen molar-refractivity contribution in [3.63, 3.8) is 0 Å². The van der Waals surface area contributed by atoms with Crippen LogP contribution in [0, 0.1) is 0 Å². The molecule has 2 atom stereocenters. The zero-order valence-corrected chi connectivity index (χ0v) is 27.7. The zero-order valence-electron chi connectivity index (χ0n) is 26.2. The maximum absolute atomic E-state index is 12.7. The Morgan fingerprint density at radius 3 is 1.23 bits per heavy atom. The number of hydrogen-bond acceptors (Lipinski definition) is 10. The average Bonchev–Trinajstić information content (AvgIpc) is 3.06. The van der Waals surface area contributed by atoms with E-state index in [0.717, 1.165) is 0 Å². The fourth-order valence-corrected chi connectivity index (χ4v) is 4.62. The van der Waals surface area contributed by atoms with E-state index < -0.39 is 35.5 Å². The quantitative estimate of drug-likeness (QED) is 0.107. The molecule has 0 spiro atoms. The van der Waals surface area contributed by atoms with Crippen molar-refractivity contribution in [1.82, 2.24) is 0 Å². The summed E-state index contributed by atoms with van der Waals surface area (Å²) in [6.45, 7) is 2.49. The molecule has 12 nitrogen and oxygen atoms in total. The predicted molar refractivity (Wildman–Crippen MR) is 183 cm³/mol. The molecule has 14 heteroatoms. The topological polar surface area (TPSA) is 160 Å². The smallest absolute Gasteiger partial charge is 0.258 e. The van der Waals surface area contributed by atoms with E-state index in [1.165, 1.54) is 28.1 Å². The summed E-state index contributed by atoms with van der Waals surface area (Å²) in [6, 6.07) is 20.3. The van der Waals surface area contributed by atoms with E-state index in [1.54, 1.807) is 84.9 Å². The monoisotopic (exact) mass is 688 g/mol. The summed E-state index contributed by atoms with van der Waals surface area (Å²) in [5.41, 5.74) is 2.75. The summed E-state index contributed by atoms with van der Waals surface area (Å²) < 4.78 is 10.2. The number of amides is 2. The maximum atomic E-state index is 12.7. The van der Waals surface area contributed by atoms with Crippen LogP contribution in [0.25, 0.3) is 11.1 Å². The molecule has 4 aromatic rings. The van der Waals surface area contributed by atoms with Gasteiger partial charge in [-0.25, -0.2) is 0 Å². The molecule has 0 radical (unpaired) electrons. The summed E-state index contributed by atoms with van der Waals surface area (Å²) in [5.74, 6) is -1.08. The molecule has 0 saturated heterocycles. The molecule has 0 bridgehead atoms. The molecule has 0 saturated carbocycles. The molecular weight excluding hydrogens is 659 g/mol. The first-order valence-electron chi connectivity index (χ1n) is 14.3. The fourth-order valence-electron chi connectivity index (χ4n) is 4.18. The standard InChI is InChI=1S/C34H30Cl2N6O6/c1-19(43)31(33(45)37-23-7-11-25(47-3)12-8-23)41-39-29-15-5-21(17-27(29)35)22-6-16-30(28(36)18-22)40-42-32(20(2)44)34(46)38-24-9-13-26(48-4)14-10-24/h5-18,31-32H,1-4H3,(H,37,45)(H,38,46)/t31-,32-/m1/s1. The van der Waals surface area contributed by atoms with Crippen molar-refractivity contribution in [3.8, 4) is 22.6 Å². The van der Waals surface area contributed by atoms with Crippen LogP contribution >= 0.6 is 23.2 Å². The number of rotatable bonds is 13. The second kappa shape index (κ2) is 16.4. The molecule has 48 heavy (non-hydrogen) atoms. The summed E-state index contributed by atoms with van der Waals surface area (Å²) in [7, 11) is 3.06. The lowest BCUT2D eigenvalue weighted by Gasteiger charge is -2.11. The van der Waals surface area contributed by atoms with E-state index in [1.807, 2.05) is 0 Å². The lowest BCUT2D eigenvalue weighted by molar-refractivity contribution is -0.127. The van der Waals surface area contributed by atoms with Crippen molar-refractivity contribution in [2.45, 2.75) is 25.9 Å². The largest absolute Gasteiger partial charge is 0.497 e. The van der Waals surface area contributed by atoms with Gasteiger partial charge in [-0.15, -0.1) is 0 Å². The number of methoxy groups -OCH3 is 2. The number of Topliss-reactive ketones (excluding diaryl/α,β-unsaturated/α-hetero) is 2. The summed E-state index contributed by atoms with van der Waals surface area (Å²) >= 11 is 12.9. The van der Waals surface area contributed by atoms with Crippen LogP contribution in [0.15, 0.2) is 105 Å². The van der Waals surface area contributed by atoms with Gasteiger partial charge in [0.25, 0.3) is 11.8 Å². The van der Waals surface area contributed by atoms with Crippen LogP contribution in [0.4, 0.5) is 22.7 Å². The zero-order chi connectivity index (χ0) is 34.8. The minimum Gasteiger partial charge on any atom is -0.497 e. The van der Waals surface area contributed by atoms with Gasteiger partial charge in [0, 0.05) is 11.4 Å². The second-order valence-corrected chi connectivity index (χ2v) is 11.0. The van der Waals surface area contributed by atoms with Crippen molar-refractivity contribution < 1.29 is 28.7 Å². The van der Waals surface area contributed by atoms with E-state index in [2.05, 4.69) is 31.1 Å². The number of ether oxygens (including phenoxy) is 2. The van der Waals surface area contributed by atoms with E-state index in [-0.39, 0.29) is 21.4 Å². The molecule has 0 aliphatic heterocycles. The Labute approximate surface area is 286 Å². The van der Waals surface area contributed by atoms with E-state index in [0.29, 0.717) is 34.0 Å². The number of ketones is 2. The molecule has 2 N–H and O–H groups in total. The third-order valence-electron chi connectivity index (χ3n) is 6.77. The molecule has 4 aromatic carbocycles. The average molecular weight is 690 g/mol. The Kier molecular flexibility index (Phi) is 12.1. The van der Waals surface area contributed by atoms with Crippen LogP contribution in [-0.2, 0) is 19.2 Å². The van der Waals surface area contributed by atoms with E-state index >= 15 is 0 Å². The van der Waals surface area contributed by atoms with Crippen LogP contribution in [0.3, 0.4) is 0 Å². The summed E-state index contributed by atoms with van der Waals surface area (Å²) in [6.07, 6.45) is 0. The third kappa shape index (κ3) is 9.30. The molecule has 0 fully saturated rings. The molecule has 2 amide bonds. The number of nitrogens with one attached hydrogen (secondary N) is 2. The van der Waals surface area contributed by atoms with Gasteiger partial charge < -0.3 is 20.1 Å². The maximum Gasteiger partial charge on any atom is 0.258 e. The van der Waals surface area contributed by atoms with Gasteiger partial charge in [0.15, 0.2) is 11.6 Å². The Balaban J connectivity index is 1.45.